The Hall–Kier alpha value is -1.41. The Morgan fingerprint density at radius 3 is 2.53 bits per heavy atom. The Morgan fingerprint density at radius 1 is 1.06 bits per heavy atom. The number of aromatic nitrogens is 1. The van der Waals surface area contributed by atoms with Gasteiger partial charge in [0, 0.05) is 12.0 Å². The second-order valence-corrected chi connectivity index (χ2v) is 5.15. The van der Waals surface area contributed by atoms with Crippen LogP contribution in [0.4, 0.5) is 0 Å². The van der Waals surface area contributed by atoms with Gasteiger partial charge in [-0.3, -0.25) is 0 Å². The molecule has 0 aliphatic heterocycles. The highest BCUT2D eigenvalue weighted by atomic mass is 32.1. The SMILES string of the molecule is CCc1c(CC)[n+]2ccsc2c2ccccc12. The third-order valence-electron chi connectivity index (χ3n) is 3.42. The molecule has 0 radical (unpaired) electrons. The number of hydrogen-bond donors (Lipinski definition) is 0. The first-order valence-electron chi connectivity index (χ1n) is 6.18. The van der Waals surface area contributed by atoms with Gasteiger partial charge in [0.15, 0.2) is 11.9 Å². The van der Waals surface area contributed by atoms with E-state index in [-0.39, 0.29) is 0 Å². The zero-order valence-corrected chi connectivity index (χ0v) is 11.1. The molecule has 0 fully saturated rings. The molecular weight excluding hydrogens is 226 g/mol. The summed E-state index contributed by atoms with van der Waals surface area (Å²) in [4.78, 5) is 1.37. The fourth-order valence-electron chi connectivity index (χ4n) is 2.70. The van der Waals surface area contributed by atoms with Gasteiger partial charge in [0.1, 0.15) is 0 Å². The first kappa shape index (κ1) is 10.7. The molecule has 2 aromatic heterocycles. The maximum absolute atomic E-state index is 2.37. The topological polar surface area (TPSA) is 4.10 Å². The molecule has 0 saturated carbocycles. The highest BCUT2D eigenvalue weighted by Gasteiger charge is 2.19. The van der Waals surface area contributed by atoms with Gasteiger partial charge in [-0.1, -0.05) is 43.4 Å². The standard InChI is InChI=1S/C15H16NS/c1-3-11-12-7-5-6-8-13(12)15-16(9-10-17-15)14(11)4-2/h5-10H,3-4H2,1-2H3/q+1. The Morgan fingerprint density at radius 2 is 1.82 bits per heavy atom. The Bertz CT molecular complexity index is 682. The van der Waals surface area contributed by atoms with E-state index in [0.717, 1.165) is 12.8 Å². The summed E-state index contributed by atoms with van der Waals surface area (Å²) >= 11 is 1.83. The number of thiazole rings is 1. The summed E-state index contributed by atoms with van der Waals surface area (Å²) in [5, 5.41) is 4.99. The fraction of sp³-hybridized carbons (Fsp3) is 0.267. The molecule has 0 amide bonds. The van der Waals surface area contributed by atoms with Crippen LogP contribution in [0, 0.1) is 0 Å². The number of hydrogen-bond acceptors (Lipinski definition) is 1. The molecule has 3 aromatic rings. The summed E-state index contributed by atoms with van der Waals surface area (Å²) in [5.41, 5.74) is 2.96. The summed E-state index contributed by atoms with van der Waals surface area (Å²) in [7, 11) is 0. The van der Waals surface area contributed by atoms with Crippen molar-refractivity contribution >= 4 is 26.9 Å². The van der Waals surface area contributed by atoms with E-state index < -0.39 is 0 Å². The third-order valence-corrected chi connectivity index (χ3v) is 4.32. The van der Waals surface area contributed by atoms with Crippen molar-refractivity contribution in [3.8, 4) is 0 Å². The van der Waals surface area contributed by atoms with E-state index in [0.29, 0.717) is 0 Å². The van der Waals surface area contributed by atoms with Gasteiger partial charge in [0.25, 0.3) is 4.83 Å². The van der Waals surface area contributed by atoms with Gasteiger partial charge in [-0.25, -0.2) is 0 Å². The fourth-order valence-corrected chi connectivity index (χ4v) is 3.60. The molecule has 2 heteroatoms. The molecule has 2 heterocycles. The Kier molecular flexibility index (Phi) is 2.60. The van der Waals surface area contributed by atoms with Crippen molar-refractivity contribution in [3.63, 3.8) is 0 Å². The molecule has 3 rings (SSSR count). The molecule has 0 bridgehead atoms. The minimum atomic E-state index is 1.09. The minimum Gasteiger partial charge on any atom is -0.154 e. The minimum absolute atomic E-state index is 1.09. The number of nitrogens with zero attached hydrogens (tertiary/aromatic N) is 1. The lowest BCUT2D eigenvalue weighted by Gasteiger charge is -2.06. The zero-order chi connectivity index (χ0) is 11.8. The average Bonchev–Trinajstić information content (AvgIpc) is 2.86. The average molecular weight is 242 g/mol. The van der Waals surface area contributed by atoms with Gasteiger partial charge in [-0.15, -0.1) is 0 Å². The van der Waals surface area contributed by atoms with Gasteiger partial charge in [0.05, 0.1) is 10.8 Å². The monoisotopic (exact) mass is 242 g/mol. The molecule has 1 aromatic carbocycles. The third kappa shape index (κ3) is 1.48. The molecule has 1 nitrogen and oxygen atoms in total. The normalized spacial score (nSPS) is 11.4. The van der Waals surface area contributed by atoms with E-state index >= 15 is 0 Å². The predicted octanol–water partition coefficient (Wildman–Crippen LogP) is 3.76. The Balaban J connectivity index is 2.60. The number of fused-ring (bicyclic) bond motifs is 3. The summed E-state index contributed by atoms with van der Waals surface area (Å²) in [6, 6.07) is 8.77. The smallest absolute Gasteiger partial charge is 0.154 e. The zero-order valence-electron chi connectivity index (χ0n) is 10.2. The van der Waals surface area contributed by atoms with Gasteiger partial charge in [0.2, 0.25) is 0 Å². The van der Waals surface area contributed by atoms with Gasteiger partial charge < -0.3 is 0 Å². The van der Waals surface area contributed by atoms with Crippen LogP contribution in [0.3, 0.4) is 0 Å². The van der Waals surface area contributed by atoms with Crippen molar-refractivity contribution in [2.75, 3.05) is 0 Å². The maximum Gasteiger partial charge on any atom is 0.275 e. The van der Waals surface area contributed by atoms with E-state index in [1.165, 1.54) is 26.9 Å². The number of benzene rings is 1. The molecule has 0 N–H and O–H groups in total. The predicted molar refractivity (Wildman–Crippen MR) is 73.7 cm³/mol. The molecule has 17 heavy (non-hydrogen) atoms. The lowest BCUT2D eigenvalue weighted by molar-refractivity contribution is -0.516. The van der Waals surface area contributed by atoms with Crippen molar-refractivity contribution in [2.45, 2.75) is 26.7 Å². The van der Waals surface area contributed by atoms with Gasteiger partial charge in [-0.05, 0) is 17.9 Å². The second kappa shape index (κ2) is 4.11. The largest absolute Gasteiger partial charge is 0.275 e. The van der Waals surface area contributed by atoms with Crippen LogP contribution in [0.15, 0.2) is 35.8 Å². The Labute approximate surface area is 105 Å². The second-order valence-electron chi connectivity index (χ2n) is 4.26. The number of rotatable bonds is 2. The van der Waals surface area contributed by atoms with Crippen LogP contribution in [-0.4, -0.2) is 0 Å². The van der Waals surface area contributed by atoms with E-state index in [1.807, 2.05) is 11.3 Å². The summed E-state index contributed by atoms with van der Waals surface area (Å²) in [6.07, 6.45) is 4.39. The molecule has 0 saturated heterocycles. The molecular formula is C15H16NS+. The van der Waals surface area contributed by atoms with Crippen LogP contribution in [-0.2, 0) is 12.8 Å². The molecule has 0 aliphatic rings. The van der Waals surface area contributed by atoms with Crippen LogP contribution in [0.25, 0.3) is 15.6 Å². The van der Waals surface area contributed by atoms with E-state index in [2.05, 4.69) is 54.1 Å². The maximum atomic E-state index is 2.37. The first-order chi connectivity index (χ1) is 8.36. The van der Waals surface area contributed by atoms with Crippen molar-refractivity contribution in [2.24, 2.45) is 0 Å². The van der Waals surface area contributed by atoms with Crippen molar-refractivity contribution in [3.05, 3.63) is 47.1 Å². The van der Waals surface area contributed by atoms with E-state index in [1.54, 1.807) is 0 Å². The van der Waals surface area contributed by atoms with Crippen LogP contribution >= 0.6 is 11.3 Å². The van der Waals surface area contributed by atoms with Gasteiger partial charge in [-0.2, -0.15) is 4.40 Å². The molecule has 0 aliphatic carbocycles. The number of pyridine rings is 1. The molecule has 0 unspecified atom stereocenters. The van der Waals surface area contributed by atoms with Crippen molar-refractivity contribution in [1.29, 1.82) is 0 Å². The van der Waals surface area contributed by atoms with Crippen LogP contribution in [0.1, 0.15) is 25.1 Å². The van der Waals surface area contributed by atoms with Gasteiger partial charge >= 0.3 is 0 Å². The molecule has 0 spiro atoms. The molecule has 0 atom stereocenters. The van der Waals surface area contributed by atoms with Crippen LogP contribution < -0.4 is 4.40 Å². The van der Waals surface area contributed by atoms with Crippen molar-refractivity contribution < 1.29 is 4.40 Å². The first-order valence-corrected chi connectivity index (χ1v) is 7.06. The summed E-state index contributed by atoms with van der Waals surface area (Å²) in [6.45, 7) is 4.49. The summed E-state index contributed by atoms with van der Waals surface area (Å²) < 4.78 is 2.37. The van der Waals surface area contributed by atoms with Crippen LogP contribution in [0.2, 0.25) is 0 Å². The lowest BCUT2D eigenvalue weighted by Crippen LogP contribution is -2.26. The highest BCUT2D eigenvalue weighted by molar-refractivity contribution is 7.15. The van der Waals surface area contributed by atoms with Crippen molar-refractivity contribution in [1.82, 2.24) is 0 Å². The summed E-state index contributed by atoms with van der Waals surface area (Å²) in [5.74, 6) is 0. The highest BCUT2D eigenvalue weighted by Crippen LogP contribution is 2.26. The number of aryl methyl sites for hydroxylation is 2. The quantitative estimate of drug-likeness (QED) is 0.602. The lowest BCUT2D eigenvalue weighted by atomic mass is 10.0. The van der Waals surface area contributed by atoms with E-state index in [4.69, 9.17) is 0 Å². The van der Waals surface area contributed by atoms with E-state index in [9.17, 15) is 0 Å². The van der Waals surface area contributed by atoms with Crippen LogP contribution in [0.5, 0.6) is 0 Å². The molecule has 86 valence electrons.